The number of carbonyl (C=O) groups excluding carboxylic acids is 1. The highest BCUT2D eigenvalue weighted by Gasteiger charge is 2.18. The maximum atomic E-state index is 12.9. The van der Waals surface area contributed by atoms with Crippen LogP contribution >= 0.6 is 0 Å². The van der Waals surface area contributed by atoms with Crippen molar-refractivity contribution in [3.8, 4) is 11.5 Å². The zero-order valence-electron chi connectivity index (χ0n) is 17.4. The molecule has 1 atom stereocenters. The van der Waals surface area contributed by atoms with E-state index in [4.69, 9.17) is 9.47 Å². The molecule has 0 fully saturated rings. The van der Waals surface area contributed by atoms with Crippen molar-refractivity contribution in [3.05, 3.63) is 94.5 Å². The largest absolute Gasteiger partial charge is 0.493 e. The normalized spacial score (nSPS) is 11.6. The van der Waals surface area contributed by atoms with Gasteiger partial charge in [-0.25, -0.2) is 0 Å². The Balaban J connectivity index is 1.84. The molecular weight excluding hydrogens is 362 g/mol. The predicted molar refractivity (Wildman–Crippen MR) is 116 cm³/mol. The predicted octanol–water partition coefficient (Wildman–Crippen LogP) is 4.77. The molecule has 0 heterocycles. The topological polar surface area (TPSA) is 47.6 Å². The van der Waals surface area contributed by atoms with E-state index in [1.54, 1.807) is 14.2 Å². The van der Waals surface area contributed by atoms with Crippen molar-refractivity contribution in [1.29, 1.82) is 0 Å². The summed E-state index contributed by atoms with van der Waals surface area (Å²) in [5, 5.41) is 3.20. The summed E-state index contributed by atoms with van der Waals surface area (Å²) in [6, 6.07) is 21.7. The van der Waals surface area contributed by atoms with Gasteiger partial charge in [0.05, 0.1) is 26.7 Å². The summed E-state index contributed by atoms with van der Waals surface area (Å²) < 4.78 is 10.6. The Bertz CT molecular complexity index is 983. The first kappa shape index (κ1) is 20.5. The number of amides is 1. The minimum Gasteiger partial charge on any atom is -0.493 e. The van der Waals surface area contributed by atoms with Crippen LogP contribution in [-0.4, -0.2) is 20.1 Å². The molecule has 4 heteroatoms. The van der Waals surface area contributed by atoms with Crippen molar-refractivity contribution in [3.63, 3.8) is 0 Å². The summed E-state index contributed by atoms with van der Waals surface area (Å²) >= 11 is 0. The Morgan fingerprint density at radius 1 is 0.828 bits per heavy atom. The van der Waals surface area contributed by atoms with Gasteiger partial charge in [0.25, 0.3) is 0 Å². The summed E-state index contributed by atoms with van der Waals surface area (Å²) in [7, 11) is 3.19. The van der Waals surface area contributed by atoms with Gasteiger partial charge in [-0.05, 0) is 53.8 Å². The number of hydrogen-bond acceptors (Lipinski definition) is 3. The molecule has 150 valence electrons. The van der Waals surface area contributed by atoms with Crippen LogP contribution in [0.2, 0.25) is 0 Å². The fourth-order valence-corrected chi connectivity index (χ4v) is 3.34. The van der Waals surface area contributed by atoms with Crippen molar-refractivity contribution in [2.45, 2.75) is 26.3 Å². The SMILES string of the molecule is COc1ccc(CC(=O)N[C@H](c2ccccc2)c2ccc(C)c(C)c2)cc1OC. The van der Waals surface area contributed by atoms with E-state index in [-0.39, 0.29) is 18.4 Å². The fraction of sp³-hybridized carbons (Fsp3) is 0.240. The molecule has 0 aromatic heterocycles. The van der Waals surface area contributed by atoms with Gasteiger partial charge >= 0.3 is 0 Å². The minimum absolute atomic E-state index is 0.0516. The highest BCUT2D eigenvalue weighted by molar-refractivity contribution is 5.79. The number of aryl methyl sites for hydroxylation is 2. The molecule has 0 spiro atoms. The van der Waals surface area contributed by atoms with Crippen LogP contribution in [0.5, 0.6) is 11.5 Å². The zero-order chi connectivity index (χ0) is 20.8. The van der Waals surface area contributed by atoms with Crippen molar-refractivity contribution in [2.75, 3.05) is 14.2 Å². The summed E-state index contributed by atoms with van der Waals surface area (Å²) in [6.07, 6.45) is 0.258. The van der Waals surface area contributed by atoms with Crippen LogP contribution in [0.15, 0.2) is 66.7 Å². The van der Waals surface area contributed by atoms with E-state index in [0.717, 1.165) is 16.7 Å². The lowest BCUT2D eigenvalue weighted by molar-refractivity contribution is -0.120. The lowest BCUT2D eigenvalue weighted by Gasteiger charge is -2.21. The molecular formula is C25H27NO3. The lowest BCUT2D eigenvalue weighted by atomic mass is 9.95. The van der Waals surface area contributed by atoms with Gasteiger partial charge < -0.3 is 14.8 Å². The van der Waals surface area contributed by atoms with Crippen molar-refractivity contribution >= 4 is 5.91 Å². The molecule has 29 heavy (non-hydrogen) atoms. The number of carbonyl (C=O) groups is 1. The minimum atomic E-state index is -0.205. The van der Waals surface area contributed by atoms with Crippen LogP contribution in [0, 0.1) is 13.8 Å². The highest BCUT2D eigenvalue weighted by atomic mass is 16.5. The van der Waals surface area contributed by atoms with Crippen LogP contribution in [0.4, 0.5) is 0 Å². The second-order valence-electron chi connectivity index (χ2n) is 7.12. The standard InChI is InChI=1S/C25H27NO3/c1-17-10-12-21(14-18(17)2)25(20-8-6-5-7-9-20)26-24(27)16-19-11-13-22(28-3)23(15-19)29-4/h5-15,25H,16H2,1-4H3,(H,26,27)/t25-/m1/s1. The van der Waals surface area contributed by atoms with Gasteiger partial charge in [0.15, 0.2) is 11.5 Å². The van der Waals surface area contributed by atoms with E-state index in [0.29, 0.717) is 11.5 Å². The average molecular weight is 389 g/mol. The molecule has 0 aliphatic carbocycles. The molecule has 3 rings (SSSR count). The monoisotopic (exact) mass is 389 g/mol. The van der Waals surface area contributed by atoms with E-state index < -0.39 is 0 Å². The molecule has 0 radical (unpaired) electrons. The summed E-state index contributed by atoms with van der Waals surface area (Å²) in [6.45, 7) is 4.18. The molecule has 0 aliphatic heterocycles. The maximum Gasteiger partial charge on any atom is 0.225 e. The second kappa shape index (κ2) is 9.28. The molecule has 0 saturated carbocycles. The first-order valence-electron chi connectivity index (χ1n) is 9.64. The van der Waals surface area contributed by atoms with Crippen molar-refractivity contribution < 1.29 is 14.3 Å². The molecule has 0 aliphatic rings. The van der Waals surface area contributed by atoms with E-state index in [1.807, 2.05) is 48.5 Å². The van der Waals surface area contributed by atoms with Gasteiger partial charge in [-0.1, -0.05) is 54.6 Å². The molecule has 0 bridgehead atoms. The van der Waals surface area contributed by atoms with Gasteiger partial charge in [0.2, 0.25) is 5.91 Å². The third-order valence-electron chi connectivity index (χ3n) is 5.12. The van der Waals surface area contributed by atoms with Crippen LogP contribution in [0.1, 0.15) is 33.9 Å². The molecule has 0 saturated heterocycles. The highest BCUT2D eigenvalue weighted by Crippen LogP contribution is 2.28. The third-order valence-corrected chi connectivity index (χ3v) is 5.12. The van der Waals surface area contributed by atoms with E-state index in [2.05, 4.69) is 37.4 Å². The lowest BCUT2D eigenvalue weighted by Crippen LogP contribution is -2.30. The Morgan fingerprint density at radius 2 is 1.55 bits per heavy atom. The van der Waals surface area contributed by atoms with E-state index in [9.17, 15) is 4.79 Å². The number of methoxy groups -OCH3 is 2. The average Bonchev–Trinajstić information content (AvgIpc) is 2.74. The first-order valence-corrected chi connectivity index (χ1v) is 9.64. The Labute approximate surface area is 172 Å². The number of ether oxygens (including phenoxy) is 2. The van der Waals surface area contributed by atoms with Crippen LogP contribution in [0.25, 0.3) is 0 Å². The van der Waals surface area contributed by atoms with Gasteiger partial charge in [-0.3, -0.25) is 4.79 Å². The van der Waals surface area contributed by atoms with Gasteiger partial charge in [-0.15, -0.1) is 0 Å². The van der Waals surface area contributed by atoms with Crippen LogP contribution < -0.4 is 14.8 Å². The van der Waals surface area contributed by atoms with E-state index >= 15 is 0 Å². The summed E-state index contributed by atoms with van der Waals surface area (Å²) in [4.78, 5) is 12.9. The molecule has 3 aromatic carbocycles. The molecule has 4 nitrogen and oxygen atoms in total. The number of benzene rings is 3. The quantitative estimate of drug-likeness (QED) is 0.633. The number of rotatable bonds is 7. The zero-order valence-corrected chi connectivity index (χ0v) is 17.4. The molecule has 1 amide bonds. The Hall–Kier alpha value is -3.27. The van der Waals surface area contributed by atoms with Crippen molar-refractivity contribution in [2.24, 2.45) is 0 Å². The third kappa shape index (κ3) is 4.96. The van der Waals surface area contributed by atoms with Gasteiger partial charge in [0, 0.05) is 0 Å². The van der Waals surface area contributed by atoms with Crippen molar-refractivity contribution in [1.82, 2.24) is 5.32 Å². The molecule has 0 unspecified atom stereocenters. The second-order valence-corrected chi connectivity index (χ2v) is 7.12. The smallest absolute Gasteiger partial charge is 0.225 e. The van der Waals surface area contributed by atoms with E-state index in [1.165, 1.54) is 11.1 Å². The summed E-state index contributed by atoms with van der Waals surface area (Å²) in [5.74, 6) is 1.21. The van der Waals surface area contributed by atoms with Gasteiger partial charge in [-0.2, -0.15) is 0 Å². The summed E-state index contributed by atoms with van der Waals surface area (Å²) in [5.41, 5.74) is 5.43. The number of nitrogens with one attached hydrogen (secondary N) is 1. The maximum absolute atomic E-state index is 12.9. The fourth-order valence-electron chi connectivity index (χ4n) is 3.34. The molecule has 1 N–H and O–H groups in total. The molecule has 3 aromatic rings. The van der Waals surface area contributed by atoms with Crippen LogP contribution in [0.3, 0.4) is 0 Å². The Kier molecular flexibility index (Phi) is 6.55. The van der Waals surface area contributed by atoms with Gasteiger partial charge in [0.1, 0.15) is 0 Å². The Morgan fingerprint density at radius 3 is 2.21 bits per heavy atom. The van der Waals surface area contributed by atoms with Crippen LogP contribution in [-0.2, 0) is 11.2 Å². The first-order chi connectivity index (χ1) is 14.0. The number of hydrogen-bond donors (Lipinski definition) is 1.